The number of aryl methyl sites for hydroxylation is 1. The van der Waals surface area contributed by atoms with Crippen LogP contribution in [0.3, 0.4) is 0 Å². The molecule has 39 heavy (non-hydrogen) atoms. The first-order valence-electron chi connectivity index (χ1n) is 11.7. The number of nitrogens with one attached hydrogen (secondary N) is 3. The van der Waals surface area contributed by atoms with Gasteiger partial charge in [-0.25, -0.2) is 4.98 Å². The summed E-state index contributed by atoms with van der Waals surface area (Å²) in [5.74, 6) is -0.0801. The number of hydrogen-bond donors (Lipinski definition) is 3. The second-order valence-corrected chi connectivity index (χ2v) is 8.14. The fourth-order valence-electron chi connectivity index (χ4n) is 3.40. The largest absolute Gasteiger partial charge is 0.418 e. The van der Waals surface area contributed by atoms with E-state index in [4.69, 9.17) is 0 Å². The first kappa shape index (κ1) is 28.9. The predicted octanol–water partition coefficient (Wildman–Crippen LogP) is 4.63. The smallest absolute Gasteiger partial charge is 0.373 e. The molecular formula is C27H26F3N7O2. The fraction of sp³-hybridized carbons (Fsp3) is 0.185. The molecule has 4 aromatic rings. The van der Waals surface area contributed by atoms with Crippen molar-refractivity contribution in [2.24, 2.45) is 0 Å². The van der Waals surface area contributed by atoms with Crippen molar-refractivity contribution in [3.63, 3.8) is 0 Å². The van der Waals surface area contributed by atoms with Crippen molar-refractivity contribution in [2.45, 2.75) is 13.1 Å². The Morgan fingerprint density at radius 2 is 1.72 bits per heavy atom. The highest BCUT2D eigenvalue weighted by molar-refractivity contribution is 6.03. The number of benzene rings is 1. The Labute approximate surface area is 222 Å². The number of carbonyl (C=O) groups excluding carboxylic acids is 2. The van der Waals surface area contributed by atoms with Crippen molar-refractivity contribution in [1.82, 2.24) is 25.5 Å². The highest BCUT2D eigenvalue weighted by atomic mass is 19.4. The molecule has 1 aromatic carbocycles. The van der Waals surface area contributed by atoms with E-state index in [0.717, 1.165) is 34.2 Å². The Morgan fingerprint density at radius 3 is 2.38 bits per heavy atom. The molecule has 12 heteroatoms. The molecule has 4 rings (SSSR count). The van der Waals surface area contributed by atoms with Crippen LogP contribution in [0.15, 0.2) is 67.1 Å². The number of carbonyl (C=O) groups is 2. The third-order valence-electron chi connectivity index (χ3n) is 5.38. The Kier molecular flexibility index (Phi) is 9.76. The van der Waals surface area contributed by atoms with Crippen molar-refractivity contribution < 1.29 is 22.8 Å². The van der Waals surface area contributed by atoms with Crippen LogP contribution in [-0.4, -0.2) is 53.0 Å². The Balaban J connectivity index is 0.000000771. The number of alkyl halides is 3. The maximum Gasteiger partial charge on any atom is 0.418 e. The Bertz CT molecular complexity index is 1450. The zero-order valence-electron chi connectivity index (χ0n) is 21.4. The minimum atomic E-state index is -4.62. The van der Waals surface area contributed by atoms with Gasteiger partial charge in [0.05, 0.1) is 24.0 Å². The Morgan fingerprint density at radius 1 is 0.974 bits per heavy atom. The van der Waals surface area contributed by atoms with Gasteiger partial charge in [-0.3, -0.25) is 9.78 Å². The number of hydrogen-bond acceptors (Lipinski definition) is 8. The van der Waals surface area contributed by atoms with Crippen molar-refractivity contribution in [1.29, 1.82) is 0 Å². The van der Waals surface area contributed by atoms with E-state index in [2.05, 4.69) is 36.1 Å². The number of nitrogens with zero attached hydrogens (tertiary/aromatic N) is 4. The number of likely N-dealkylation sites (N-methyl/N-ethyl adjacent to an activating group) is 1. The van der Waals surface area contributed by atoms with Gasteiger partial charge in [-0.05, 0) is 73.1 Å². The van der Waals surface area contributed by atoms with Crippen LogP contribution in [0.25, 0.3) is 22.4 Å². The fourth-order valence-corrected chi connectivity index (χ4v) is 3.40. The van der Waals surface area contributed by atoms with Crippen LogP contribution >= 0.6 is 0 Å². The van der Waals surface area contributed by atoms with Gasteiger partial charge >= 0.3 is 6.18 Å². The van der Waals surface area contributed by atoms with Crippen LogP contribution in [0.5, 0.6) is 0 Å². The molecule has 0 bridgehead atoms. The number of pyridine rings is 2. The molecule has 3 N–H and O–H groups in total. The highest BCUT2D eigenvalue weighted by Gasteiger charge is 2.32. The molecule has 3 aromatic heterocycles. The maximum atomic E-state index is 12.9. The van der Waals surface area contributed by atoms with E-state index in [0.29, 0.717) is 30.3 Å². The lowest BCUT2D eigenvalue weighted by Gasteiger charge is -2.12. The van der Waals surface area contributed by atoms with Gasteiger partial charge in [0.15, 0.2) is 5.69 Å². The molecule has 0 saturated carbocycles. The minimum absolute atomic E-state index is 0.407. The van der Waals surface area contributed by atoms with Crippen LogP contribution in [-0.2, 0) is 11.0 Å². The average Bonchev–Trinajstić information content (AvgIpc) is 2.94. The lowest BCUT2D eigenvalue weighted by Crippen LogP contribution is -2.16. The van der Waals surface area contributed by atoms with Crippen LogP contribution in [0.4, 0.5) is 24.7 Å². The summed E-state index contributed by atoms with van der Waals surface area (Å²) in [4.78, 5) is 30.5. The van der Waals surface area contributed by atoms with Crippen molar-refractivity contribution in [2.75, 3.05) is 31.3 Å². The molecule has 202 valence electrons. The molecule has 9 nitrogen and oxygen atoms in total. The van der Waals surface area contributed by atoms with E-state index >= 15 is 0 Å². The third-order valence-corrected chi connectivity index (χ3v) is 5.38. The summed E-state index contributed by atoms with van der Waals surface area (Å²) in [6, 6.07) is 13.4. The summed E-state index contributed by atoms with van der Waals surface area (Å²) in [5, 5.41) is 15.1. The number of aldehydes is 1. The zero-order valence-corrected chi connectivity index (χ0v) is 21.4. The van der Waals surface area contributed by atoms with E-state index in [1.807, 2.05) is 37.3 Å². The summed E-state index contributed by atoms with van der Waals surface area (Å²) in [6.07, 6.45) is 0.147. The lowest BCUT2D eigenvalue weighted by molar-refractivity contribution is -0.138. The second kappa shape index (κ2) is 13.2. The van der Waals surface area contributed by atoms with Crippen LogP contribution in [0, 0.1) is 6.92 Å². The Hall–Kier alpha value is -4.71. The van der Waals surface area contributed by atoms with Gasteiger partial charge in [0.25, 0.3) is 5.91 Å². The van der Waals surface area contributed by atoms with E-state index in [1.54, 1.807) is 38.6 Å². The molecule has 0 atom stereocenters. The number of amides is 1. The molecular weight excluding hydrogens is 511 g/mol. The molecule has 0 spiro atoms. The quantitative estimate of drug-likeness (QED) is 0.292. The number of rotatable bonds is 7. The highest BCUT2D eigenvalue weighted by Crippen LogP contribution is 2.31. The van der Waals surface area contributed by atoms with E-state index in [1.165, 1.54) is 0 Å². The van der Waals surface area contributed by atoms with Gasteiger partial charge in [0.1, 0.15) is 12.1 Å². The molecule has 1 amide bonds. The molecule has 0 unspecified atom stereocenters. The molecule has 0 saturated heterocycles. The van der Waals surface area contributed by atoms with Gasteiger partial charge < -0.3 is 20.7 Å². The van der Waals surface area contributed by atoms with Gasteiger partial charge in [-0.15, -0.1) is 5.10 Å². The average molecular weight is 538 g/mol. The van der Waals surface area contributed by atoms with Gasteiger partial charge in [0, 0.05) is 30.7 Å². The molecule has 0 aliphatic heterocycles. The minimum Gasteiger partial charge on any atom is -0.373 e. The molecule has 3 heterocycles. The summed E-state index contributed by atoms with van der Waals surface area (Å²) in [5.41, 5.74) is 3.19. The first-order chi connectivity index (χ1) is 18.7. The van der Waals surface area contributed by atoms with Crippen molar-refractivity contribution in [3.8, 4) is 22.4 Å². The van der Waals surface area contributed by atoms with Crippen molar-refractivity contribution >= 4 is 23.7 Å². The molecule has 0 aliphatic carbocycles. The topological polar surface area (TPSA) is 122 Å². The van der Waals surface area contributed by atoms with Crippen LogP contribution in [0.1, 0.15) is 21.6 Å². The van der Waals surface area contributed by atoms with Crippen LogP contribution < -0.4 is 16.0 Å². The van der Waals surface area contributed by atoms with Gasteiger partial charge in [0.2, 0.25) is 0 Å². The molecule has 0 radical (unpaired) electrons. The molecule has 0 fully saturated rings. The summed E-state index contributed by atoms with van der Waals surface area (Å²) < 4.78 is 38.8. The monoisotopic (exact) mass is 537 g/mol. The van der Waals surface area contributed by atoms with Crippen molar-refractivity contribution in [3.05, 3.63) is 83.9 Å². The first-order valence-corrected chi connectivity index (χ1v) is 11.7. The second-order valence-electron chi connectivity index (χ2n) is 8.14. The number of aromatic nitrogens is 4. The molecule has 0 aliphatic rings. The third kappa shape index (κ3) is 7.89. The van der Waals surface area contributed by atoms with E-state index < -0.39 is 23.3 Å². The van der Waals surface area contributed by atoms with E-state index in [-0.39, 0.29) is 0 Å². The zero-order chi connectivity index (χ0) is 28.4. The van der Waals surface area contributed by atoms with E-state index in [9.17, 15) is 22.8 Å². The van der Waals surface area contributed by atoms with Gasteiger partial charge in [-0.1, -0.05) is 6.07 Å². The number of halogens is 3. The van der Waals surface area contributed by atoms with Crippen LogP contribution in [0.2, 0.25) is 0 Å². The summed E-state index contributed by atoms with van der Waals surface area (Å²) >= 11 is 0. The predicted molar refractivity (Wildman–Crippen MR) is 142 cm³/mol. The normalized spacial score (nSPS) is 10.7. The standard InChI is InChI=1S/C24H19F3N6O.C3H7NO/c1-14-3-4-18(32-23(34)21-11-17(13-31-33-21)24(25,26)27)12-19(14)15-5-7-29-20(9-15)16-6-8-30-22(10-16)28-2;1-4-2-3-5/h3-13H,1-2H3,(H,28,30)(H,32,34);3-4H,2H2,1H3. The number of anilines is 2. The summed E-state index contributed by atoms with van der Waals surface area (Å²) in [6.45, 7) is 2.38. The summed E-state index contributed by atoms with van der Waals surface area (Å²) in [7, 11) is 3.51. The maximum absolute atomic E-state index is 12.9. The SMILES string of the molecule is CNCC=O.CNc1cc(-c2cc(-c3cc(NC(=O)c4cc(C(F)(F)F)cnn4)ccc3C)ccn2)ccn1. The van der Waals surface area contributed by atoms with Gasteiger partial charge in [-0.2, -0.15) is 18.3 Å². The lowest BCUT2D eigenvalue weighted by atomic mass is 9.99.